The van der Waals surface area contributed by atoms with Crippen molar-refractivity contribution in [3.8, 4) is 0 Å². The molecule has 0 saturated carbocycles. The number of esters is 1. The Bertz CT molecular complexity index is 822. The number of sulfonamides is 1. The SMILES string of the molecule is CCCCCCN1CCN(C2CN(Cc3cn(CCCC(=O)OC)nn3)S(=O)(=O)C2)CC1. The van der Waals surface area contributed by atoms with E-state index in [2.05, 4.69) is 31.8 Å². The molecule has 2 aliphatic heterocycles. The van der Waals surface area contributed by atoms with Crippen LogP contribution in [0.5, 0.6) is 0 Å². The van der Waals surface area contributed by atoms with Gasteiger partial charge in [0.05, 0.1) is 25.1 Å². The summed E-state index contributed by atoms with van der Waals surface area (Å²) in [5.74, 6) is -0.0756. The number of hydrogen-bond acceptors (Lipinski definition) is 8. The van der Waals surface area contributed by atoms with Crippen molar-refractivity contribution in [2.24, 2.45) is 0 Å². The Labute approximate surface area is 191 Å². The third kappa shape index (κ3) is 7.23. The number of hydrogen-bond donors (Lipinski definition) is 0. The van der Waals surface area contributed by atoms with Crippen LogP contribution in [0.15, 0.2) is 6.20 Å². The van der Waals surface area contributed by atoms with Gasteiger partial charge in [-0.3, -0.25) is 14.4 Å². The van der Waals surface area contributed by atoms with Crippen molar-refractivity contribution in [3.63, 3.8) is 0 Å². The Kier molecular flexibility index (Phi) is 9.45. The highest BCUT2D eigenvalue weighted by molar-refractivity contribution is 7.89. The van der Waals surface area contributed by atoms with Gasteiger partial charge in [-0.1, -0.05) is 31.4 Å². The highest BCUT2D eigenvalue weighted by atomic mass is 32.2. The first-order valence-electron chi connectivity index (χ1n) is 11.8. The van der Waals surface area contributed by atoms with Crippen molar-refractivity contribution in [2.45, 2.75) is 64.6 Å². The molecule has 0 amide bonds. The monoisotopic (exact) mass is 470 g/mol. The molecule has 3 rings (SSSR count). The summed E-state index contributed by atoms with van der Waals surface area (Å²) in [5.41, 5.74) is 0.629. The molecule has 1 unspecified atom stereocenters. The summed E-state index contributed by atoms with van der Waals surface area (Å²) >= 11 is 0. The Morgan fingerprint density at radius 3 is 2.62 bits per heavy atom. The molecule has 0 spiro atoms. The lowest BCUT2D eigenvalue weighted by Gasteiger charge is -2.37. The van der Waals surface area contributed by atoms with Crippen molar-refractivity contribution in [1.29, 1.82) is 0 Å². The number of nitrogens with zero attached hydrogens (tertiary/aromatic N) is 6. The Morgan fingerprint density at radius 2 is 1.91 bits per heavy atom. The van der Waals surface area contributed by atoms with E-state index < -0.39 is 10.0 Å². The fraction of sp³-hybridized carbons (Fsp3) is 0.857. The summed E-state index contributed by atoms with van der Waals surface area (Å²) in [6, 6.07) is 0.0392. The Morgan fingerprint density at radius 1 is 1.12 bits per heavy atom. The van der Waals surface area contributed by atoms with Crippen LogP contribution in [0.1, 0.15) is 51.1 Å². The van der Waals surface area contributed by atoms with Gasteiger partial charge in [0.25, 0.3) is 0 Å². The fourth-order valence-electron chi connectivity index (χ4n) is 4.44. The van der Waals surface area contributed by atoms with Gasteiger partial charge in [0.2, 0.25) is 10.0 Å². The number of methoxy groups -OCH3 is 1. The molecule has 2 fully saturated rings. The molecule has 3 heterocycles. The number of carbonyl (C=O) groups is 1. The van der Waals surface area contributed by atoms with Gasteiger partial charge in [0.1, 0.15) is 0 Å². The van der Waals surface area contributed by atoms with Crippen LogP contribution < -0.4 is 0 Å². The minimum absolute atomic E-state index is 0.0392. The maximum absolute atomic E-state index is 12.8. The van der Waals surface area contributed by atoms with Crippen LogP contribution in [0.4, 0.5) is 0 Å². The van der Waals surface area contributed by atoms with Gasteiger partial charge >= 0.3 is 5.97 Å². The summed E-state index contributed by atoms with van der Waals surface area (Å²) < 4.78 is 33.3. The lowest BCUT2D eigenvalue weighted by Crippen LogP contribution is -2.51. The number of aryl methyl sites for hydroxylation is 1. The van der Waals surface area contributed by atoms with Gasteiger partial charge in [-0.15, -0.1) is 5.10 Å². The second-order valence-electron chi connectivity index (χ2n) is 8.82. The molecule has 0 bridgehead atoms. The summed E-state index contributed by atoms with van der Waals surface area (Å²) in [7, 11) is -1.93. The average molecular weight is 471 g/mol. The number of aromatic nitrogens is 3. The topological polar surface area (TPSA) is 101 Å². The van der Waals surface area contributed by atoms with Crippen LogP contribution >= 0.6 is 0 Å². The van der Waals surface area contributed by atoms with E-state index in [1.54, 1.807) is 10.9 Å². The lowest BCUT2D eigenvalue weighted by atomic mass is 10.2. The van der Waals surface area contributed by atoms with Gasteiger partial charge in [-0.25, -0.2) is 8.42 Å². The highest BCUT2D eigenvalue weighted by Gasteiger charge is 2.40. The maximum Gasteiger partial charge on any atom is 0.305 e. The van der Waals surface area contributed by atoms with Crippen LogP contribution in [-0.4, -0.2) is 102 Å². The minimum atomic E-state index is -3.30. The lowest BCUT2D eigenvalue weighted by molar-refractivity contribution is -0.140. The van der Waals surface area contributed by atoms with Crippen molar-refractivity contribution in [3.05, 3.63) is 11.9 Å². The van der Waals surface area contributed by atoms with E-state index in [4.69, 9.17) is 0 Å². The van der Waals surface area contributed by atoms with E-state index in [1.807, 2.05) is 0 Å². The molecule has 2 aliphatic rings. The molecule has 2 saturated heterocycles. The molecule has 1 atom stereocenters. The highest BCUT2D eigenvalue weighted by Crippen LogP contribution is 2.22. The standard InChI is InChI=1S/C21H38N6O4S/c1-3-4-5-6-9-24-11-13-25(14-12-24)20-17-27(32(29,30)18-20)16-19-15-26(23-22-19)10-7-8-21(28)31-2/h15,20H,3-14,16-18H2,1-2H3. The second kappa shape index (κ2) is 12.1. The molecule has 0 radical (unpaired) electrons. The molecule has 1 aromatic rings. The van der Waals surface area contributed by atoms with Crippen LogP contribution in [-0.2, 0) is 32.6 Å². The van der Waals surface area contributed by atoms with Gasteiger partial charge in [-0.2, -0.15) is 4.31 Å². The maximum atomic E-state index is 12.8. The largest absolute Gasteiger partial charge is 0.469 e. The zero-order valence-corrected chi connectivity index (χ0v) is 20.3. The van der Waals surface area contributed by atoms with Gasteiger partial charge < -0.3 is 9.64 Å². The van der Waals surface area contributed by atoms with Gasteiger partial charge in [0, 0.05) is 57.9 Å². The van der Waals surface area contributed by atoms with Crippen molar-refractivity contribution < 1.29 is 17.9 Å². The van der Waals surface area contributed by atoms with Crippen molar-refractivity contribution in [2.75, 3.05) is 52.1 Å². The molecule has 0 aromatic carbocycles. The predicted molar refractivity (Wildman–Crippen MR) is 121 cm³/mol. The first kappa shape index (κ1) is 25.1. The third-order valence-corrected chi connectivity index (χ3v) is 8.25. The van der Waals surface area contributed by atoms with Crippen LogP contribution in [0.25, 0.3) is 0 Å². The molecule has 11 heteroatoms. The van der Waals surface area contributed by atoms with E-state index in [-0.39, 0.29) is 24.3 Å². The van der Waals surface area contributed by atoms with E-state index >= 15 is 0 Å². The first-order valence-corrected chi connectivity index (χ1v) is 13.4. The molecule has 32 heavy (non-hydrogen) atoms. The third-order valence-electron chi connectivity index (χ3n) is 6.38. The zero-order valence-electron chi connectivity index (χ0n) is 19.5. The summed E-state index contributed by atoms with van der Waals surface area (Å²) in [5, 5.41) is 8.18. The van der Waals surface area contributed by atoms with Crippen LogP contribution in [0.2, 0.25) is 0 Å². The average Bonchev–Trinajstić information content (AvgIpc) is 3.35. The van der Waals surface area contributed by atoms with Gasteiger partial charge in [-0.05, 0) is 19.4 Å². The van der Waals surface area contributed by atoms with Crippen LogP contribution in [0.3, 0.4) is 0 Å². The Balaban J connectivity index is 1.44. The first-order chi connectivity index (χ1) is 15.4. The van der Waals surface area contributed by atoms with E-state index in [0.29, 0.717) is 31.6 Å². The number of unbranched alkanes of at least 4 members (excludes halogenated alkanes) is 3. The predicted octanol–water partition coefficient (Wildman–Crippen LogP) is 0.943. The fourth-order valence-corrected chi connectivity index (χ4v) is 6.18. The summed E-state index contributed by atoms with van der Waals surface area (Å²) in [4.78, 5) is 16.1. The second-order valence-corrected chi connectivity index (χ2v) is 10.8. The Hall–Kier alpha value is -1.56. The van der Waals surface area contributed by atoms with E-state index in [1.165, 1.54) is 37.1 Å². The van der Waals surface area contributed by atoms with Gasteiger partial charge in [0.15, 0.2) is 0 Å². The minimum Gasteiger partial charge on any atom is -0.469 e. The number of carbonyl (C=O) groups excluding carboxylic acids is 1. The zero-order chi connectivity index (χ0) is 23.0. The smallest absolute Gasteiger partial charge is 0.305 e. The van der Waals surface area contributed by atoms with Crippen molar-refractivity contribution in [1.82, 2.24) is 29.1 Å². The number of piperazine rings is 1. The molecular weight excluding hydrogens is 432 g/mol. The summed E-state index contributed by atoms with van der Waals surface area (Å²) in [6.07, 6.45) is 7.79. The van der Waals surface area contributed by atoms with E-state index in [0.717, 1.165) is 32.7 Å². The molecule has 0 aliphatic carbocycles. The quantitative estimate of drug-likeness (QED) is 0.329. The molecule has 10 nitrogen and oxygen atoms in total. The number of rotatable bonds is 12. The molecule has 182 valence electrons. The van der Waals surface area contributed by atoms with Crippen LogP contribution in [0, 0.1) is 0 Å². The molecule has 0 N–H and O–H groups in total. The van der Waals surface area contributed by atoms with E-state index in [9.17, 15) is 13.2 Å². The number of ether oxygens (including phenoxy) is 1. The molecular formula is C21H38N6O4S. The van der Waals surface area contributed by atoms with Crippen molar-refractivity contribution >= 4 is 16.0 Å². The normalized spacial score (nSPS) is 22.4. The molecule has 1 aromatic heterocycles. The summed E-state index contributed by atoms with van der Waals surface area (Å²) in [6.45, 7) is 8.56.